The van der Waals surface area contributed by atoms with Crippen molar-refractivity contribution in [1.29, 1.82) is 0 Å². The van der Waals surface area contributed by atoms with Gasteiger partial charge in [-0.25, -0.2) is 15.0 Å². The minimum atomic E-state index is -0.659. The number of hydrogen-bond donors (Lipinski definition) is 0. The van der Waals surface area contributed by atoms with Crippen LogP contribution < -0.4 is 0 Å². The van der Waals surface area contributed by atoms with Gasteiger partial charge in [0.1, 0.15) is 0 Å². The van der Waals surface area contributed by atoms with Gasteiger partial charge in [-0.3, -0.25) is 9.97 Å². The Morgan fingerprint density at radius 3 is 1.27 bits per heavy atom. The van der Waals surface area contributed by atoms with Crippen LogP contribution in [0.4, 0.5) is 0 Å². The molecule has 0 saturated carbocycles. The third kappa shape index (κ3) is 5.83. The fourth-order valence-electron chi connectivity index (χ4n) is 9.45. The van der Waals surface area contributed by atoms with Crippen molar-refractivity contribution in [3.8, 4) is 78.7 Å². The maximum Gasteiger partial charge on any atom is 0.164 e. The molecule has 62 heavy (non-hydrogen) atoms. The van der Waals surface area contributed by atoms with Gasteiger partial charge in [0.15, 0.2) is 17.5 Å². The Hall–Kier alpha value is -7.80. The third-order valence-electron chi connectivity index (χ3n) is 12.2. The lowest BCUT2D eigenvalue weighted by atomic mass is 9.63. The lowest BCUT2D eigenvalue weighted by Gasteiger charge is -2.42. The second kappa shape index (κ2) is 14.7. The van der Waals surface area contributed by atoms with Crippen LogP contribution in [-0.4, -0.2) is 24.9 Å². The number of rotatable bonds is 5. The summed E-state index contributed by atoms with van der Waals surface area (Å²) in [5, 5.41) is 0. The van der Waals surface area contributed by atoms with Gasteiger partial charge in [0.2, 0.25) is 0 Å². The maximum atomic E-state index is 5.35. The van der Waals surface area contributed by atoms with Gasteiger partial charge in [0.25, 0.3) is 0 Å². The van der Waals surface area contributed by atoms with Gasteiger partial charge in [0.05, 0.1) is 5.41 Å². The van der Waals surface area contributed by atoms with Gasteiger partial charge in [-0.05, 0) is 98.1 Å². The van der Waals surface area contributed by atoms with Gasteiger partial charge < -0.3 is 0 Å². The van der Waals surface area contributed by atoms with Crippen LogP contribution in [0.3, 0.4) is 0 Å². The summed E-state index contributed by atoms with van der Waals surface area (Å²) in [7, 11) is 0. The van der Waals surface area contributed by atoms with E-state index in [1.54, 1.807) is 12.4 Å². The molecule has 0 saturated heterocycles. The van der Waals surface area contributed by atoms with Crippen molar-refractivity contribution in [2.75, 3.05) is 0 Å². The molecule has 0 fully saturated rings. The molecule has 290 valence electrons. The molecule has 10 aromatic rings. The summed E-state index contributed by atoms with van der Waals surface area (Å²) in [5.74, 6) is 1.78. The number of aromatic nitrogens is 5. The van der Waals surface area contributed by atoms with Crippen LogP contribution in [0.5, 0.6) is 0 Å². The standard InChI is InChI=1S/C56H35N5S/c1-2-20-44-43(19-1)45-21-3-4-22-47(45)56(48-23-5-7-25-51(48)62-52-26-8-6-24-49(52)56)50-33-40(27-28-46(44)50)55-60-53(38-15-9-13-36(31-38)41-17-11-29-57-34-41)59-54(61-55)39-16-10-14-37(32-39)42-18-12-30-58-35-42/h1-35H. The lowest BCUT2D eigenvalue weighted by molar-refractivity contribution is 0.708. The topological polar surface area (TPSA) is 64.5 Å². The van der Waals surface area contributed by atoms with Crippen molar-refractivity contribution in [3.63, 3.8) is 0 Å². The molecular formula is C56H35N5S. The lowest BCUT2D eigenvalue weighted by Crippen LogP contribution is -2.34. The van der Waals surface area contributed by atoms with E-state index in [4.69, 9.17) is 15.0 Å². The highest BCUT2D eigenvalue weighted by Crippen LogP contribution is 2.61. The number of nitrogens with zero attached hydrogens (tertiary/aromatic N) is 5. The monoisotopic (exact) mass is 809 g/mol. The Bertz CT molecular complexity index is 3200. The Balaban J connectivity index is 1.14. The van der Waals surface area contributed by atoms with E-state index in [1.807, 2.05) is 36.3 Å². The first-order chi connectivity index (χ1) is 30.7. The Labute approximate surface area is 364 Å². The molecule has 0 amide bonds. The molecule has 0 bridgehead atoms. The SMILES string of the molecule is c1cncc(-c2cccc(-c3nc(-c4cccc(-c5cccnc5)c4)nc(-c4ccc5c(c4)C4(c6ccccc6Sc6ccccc64)c4ccccc4-c4ccccc4-5)n3)c2)c1. The third-order valence-corrected chi connectivity index (χ3v) is 13.3. The van der Waals surface area contributed by atoms with E-state index in [1.165, 1.54) is 54.3 Å². The molecule has 3 aromatic heterocycles. The van der Waals surface area contributed by atoms with Crippen molar-refractivity contribution < 1.29 is 0 Å². The smallest absolute Gasteiger partial charge is 0.164 e. The van der Waals surface area contributed by atoms with Gasteiger partial charge in [-0.15, -0.1) is 0 Å². The van der Waals surface area contributed by atoms with Gasteiger partial charge in [0, 0.05) is 62.4 Å². The second-order valence-electron chi connectivity index (χ2n) is 15.6. The minimum absolute atomic E-state index is 0.590. The maximum absolute atomic E-state index is 5.35. The molecule has 0 atom stereocenters. The van der Waals surface area contributed by atoms with E-state index in [-0.39, 0.29) is 0 Å². The molecule has 0 N–H and O–H groups in total. The van der Waals surface area contributed by atoms with E-state index >= 15 is 0 Å². The Kier molecular flexibility index (Phi) is 8.57. The summed E-state index contributed by atoms with van der Waals surface area (Å²) in [5.41, 5.74) is 15.9. The van der Waals surface area contributed by atoms with Gasteiger partial charge in [-0.2, -0.15) is 0 Å². The van der Waals surface area contributed by atoms with Crippen molar-refractivity contribution in [1.82, 2.24) is 24.9 Å². The highest BCUT2D eigenvalue weighted by molar-refractivity contribution is 7.99. The number of hydrogen-bond acceptors (Lipinski definition) is 6. The van der Waals surface area contributed by atoms with Crippen LogP contribution in [0.15, 0.2) is 223 Å². The fraction of sp³-hybridized carbons (Fsp3) is 0.0179. The van der Waals surface area contributed by atoms with Gasteiger partial charge in [-0.1, -0.05) is 157 Å². The van der Waals surface area contributed by atoms with Crippen LogP contribution in [-0.2, 0) is 5.41 Å². The highest BCUT2D eigenvalue weighted by atomic mass is 32.2. The zero-order valence-corrected chi connectivity index (χ0v) is 34.2. The van der Waals surface area contributed by atoms with Crippen LogP contribution in [0.2, 0.25) is 0 Å². The molecule has 2 aliphatic rings. The minimum Gasteiger partial charge on any atom is -0.264 e. The summed E-state index contributed by atoms with van der Waals surface area (Å²) in [6, 6.07) is 67.3. The van der Waals surface area contributed by atoms with Crippen molar-refractivity contribution >= 4 is 11.8 Å². The van der Waals surface area contributed by atoms with E-state index < -0.39 is 5.41 Å². The van der Waals surface area contributed by atoms with Crippen molar-refractivity contribution in [2.24, 2.45) is 0 Å². The summed E-state index contributed by atoms with van der Waals surface area (Å²) in [6.07, 6.45) is 7.36. The molecule has 0 radical (unpaired) electrons. The zero-order chi connectivity index (χ0) is 41.0. The van der Waals surface area contributed by atoms with E-state index in [0.717, 1.165) is 38.9 Å². The predicted molar refractivity (Wildman–Crippen MR) is 249 cm³/mol. The van der Waals surface area contributed by atoms with Crippen molar-refractivity contribution in [3.05, 3.63) is 235 Å². The summed E-state index contributed by atoms with van der Waals surface area (Å²) < 4.78 is 0. The highest BCUT2D eigenvalue weighted by Gasteiger charge is 2.48. The molecule has 6 heteroatoms. The summed E-state index contributed by atoms with van der Waals surface area (Å²) >= 11 is 1.85. The largest absolute Gasteiger partial charge is 0.264 e. The summed E-state index contributed by atoms with van der Waals surface area (Å²) in [6.45, 7) is 0. The molecule has 0 unspecified atom stereocenters. The number of benzene rings is 7. The van der Waals surface area contributed by atoms with Crippen molar-refractivity contribution in [2.45, 2.75) is 15.2 Å². The molecule has 12 rings (SSSR count). The molecule has 1 spiro atoms. The van der Waals surface area contributed by atoms with Crippen LogP contribution in [0, 0.1) is 0 Å². The zero-order valence-electron chi connectivity index (χ0n) is 33.4. The average Bonchev–Trinajstić information content (AvgIpc) is 3.46. The fourth-order valence-corrected chi connectivity index (χ4v) is 10.6. The molecule has 1 aliphatic carbocycles. The van der Waals surface area contributed by atoms with E-state index in [9.17, 15) is 0 Å². The Morgan fingerprint density at radius 1 is 0.306 bits per heavy atom. The molecular weight excluding hydrogens is 775 g/mol. The quantitative estimate of drug-likeness (QED) is 0.173. The van der Waals surface area contributed by atoms with Crippen LogP contribution in [0.1, 0.15) is 22.3 Å². The van der Waals surface area contributed by atoms with E-state index in [2.05, 4.69) is 186 Å². The number of fused-ring (bicyclic) bond motifs is 11. The Morgan fingerprint density at radius 2 is 0.742 bits per heavy atom. The van der Waals surface area contributed by atoms with Crippen LogP contribution in [0.25, 0.3) is 78.7 Å². The number of pyridine rings is 2. The molecule has 1 aliphatic heterocycles. The predicted octanol–water partition coefficient (Wildman–Crippen LogP) is 13.5. The van der Waals surface area contributed by atoms with Gasteiger partial charge >= 0.3 is 0 Å². The molecule has 4 heterocycles. The first-order valence-corrected chi connectivity index (χ1v) is 21.5. The molecule has 7 aromatic carbocycles. The van der Waals surface area contributed by atoms with E-state index in [0.29, 0.717) is 17.5 Å². The second-order valence-corrected chi connectivity index (χ2v) is 16.7. The summed E-state index contributed by atoms with van der Waals surface area (Å²) in [4.78, 5) is 27.2. The normalized spacial score (nSPS) is 12.9. The first kappa shape index (κ1) is 36.1. The van der Waals surface area contributed by atoms with Crippen LogP contribution >= 0.6 is 11.8 Å². The molecule has 5 nitrogen and oxygen atoms in total. The average molecular weight is 810 g/mol. The first-order valence-electron chi connectivity index (χ1n) is 20.7.